The van der Waals surface area contributed by atoms with E-state index < -0.39 is 6.04 Å². The second-order valence-corrected chi connectivity index (χ2v) is 9.47. The molecule has 0 aliphatic rings. The number of imidazole rings is 1. The predicted molar refractivity (Wildman–Crippen MR) is 144 cm³/mol. The maximum absolute atomic E-state index is 13.3. The van der Waals surface area contributed by atoms with Gasteiger partial charge in [-0.1, -0.05) is 29.8 Å². The van der Waals surface area contributed by atoms with Crippen LogP contribution in [0.5, 0.6) is 11.5 Å². The van der Waals surface area contributed by atoms with Gasteiger partial charge in [0, 0.05) is 18.0 Å². The fourth-order valence-electron chi connectivity index (χ4n) is 4.42. The highest BCUT2D eigenvalue weighted by atomic mass is 35.5. The van der Waals surface area contributed by atoms with Crippen molar-refractivity contribution in [1.29, 1.82) is 0 Å². The number of rotatable bonds is 9. The van der Waals surface area contributed by atoms with Crippen molar-refractivity contribution in [1.82, 2.24) is 14.9 Å². The fraction of sp³-hybridized carbons (Fsp3) is 0.310. The number of nitrogens with one attached hydrogen (secondary N) is 1. The minimum Gasteiger partial charge on any atom is -0.493 e. The Morgan fingerprint density at radius 2 is 1.75 bits per heavy atom. The van der Waals surface area contributed by atoms with Crippen molar-refractivity contribution < 1.29 is 14.3 Å². The van der Waals surface area contributed by atoms with Crippen molar-refractivity contribution in [2.75, 3.05) is 20.8 Å². The first-order chi connectivity index (χ1) is 17.3. The van der Waals surface area contributed by atoms with Gasteiger partial charge in [0.25, 0.3) is 0 Å². The molecule has 6 nitrogen and oxygen atoms in total. The van der Waals surface area contributed by atoms with Crippen LogP contribution in [0.1, 0.15) is 41.0 Å². The van der Waals surface area contributed by atoms with Crippen LogP contribution in [0, 0.1) is 13.8 Å². The zero-order valence-electron chi connectivity index (χ0n) is 21.4. The van der Waals surface area contributed by atoms with Gasteiger partial charge in [-0.2, -0.15) is 0 Å². The van der Waals surface area contributed by atoms with Crippen molar-refractivity contribution in [3.63, 3.8) is 0 Å². The van der Waals surface area contributed by atoms with Crippen molar-refractivity contribution in [2.45, 2.75) is 39.7 Å². The van der Waals surface area contributed by atoms with Crippen LogP contribution in [0.2, 0.25) is 5.02 Å². The first-order valence-corrected chi connectivity index (χ1v) is 12.4. The minimum absolute atomic E-state index is 0.0552. The predicted octanol–water partition coefficient (Wildman–Crippen LogP) is 5.83. The van der Waals surface area contributed by atoms with Crippen molar-refractivity contribution in [3.8, 4) is 11.5 Å². The smallest absolute Gasteiger partial charge is 0.242 e. The van der Waals surface area contributed by atoms with Gasteiger partial charge in [-0.05, 0) is 85.8 Å². The van der Waals surface area contributed by atoms with Crippen LogP contribution >= 0.6 is 11.6 Å². The number of aromatic nitrogens is 2. The largest absolute Gasteiger partial charge is 0.493 e. The molecule has 0 fully saturated rings. The number of methoxy groups -OCH3 is 2. The molecular weight excluding hydrogens is 474 g/mol. The third kappa shape index (κ3) is 5.49. The van der Waals surface area contributed by atoms with Gasteiger partial charge in [-0.15, -0.1) is 0 Å². The summed E-state index contributed by atoms with van der Waals surface area (Å²) < 4.78 is 12.7. The molecular formula is C29H32ClN3O3. The van der Waals surface area contributed by atoms with Crippen LogP contribution in [-0.4, -0.2) is 36.2 Å². The Morgan fingerprint density at radius 1 is 1.00 bits per heavy atom. The van der Waals surface area contributed by atoms with Crippen LogP contribution in [0.3, 0.4) is 0 Å². The molecule has 4 rings (SSSR count). The summed E-state index contributed by atoms with van der Waals surface area (Å²) in [7, 11) is 3.23. The Kier molecular flexibility index (Phi) is 7.85. The number of hydrogen-bond acceptors (Lipinski definition) is 4. The number of hydrogen-bond donors (Lipinski definition) is 1. The number of aryl methyl sites for hydroxylation is 2. The molecule has 7 heteroatoms. The fourth-order valence-corrected chi connectivity index (χ4v) is 4.63. The zero-order valence-corrected chi connectivity index (χ0v) is 22.1. The molecule has 0 saturated carbocycles. The van der Waals surface area contributed by atoms with Crippen LogP contribution in [-0.2, 0) is 17.6 Å². The van der Waals surface area contributed by atoms with Gasteiger partial charge in [0.15, 0.2) is 11.5 Å². The molecule has 0 saturated heterocycles. The molecule has 1 heterocycles. The molecule has 0 aliphatic heterocycles. The number of carbonyl (C=O) groups excluding carboxylic acids is 1. The van der Waals surface area contributed by atoms with Crippen LogP contribution < -0.4 is 14.8 Å². The highest BCUT2D eigenvalue weighted by Crippen LogP contribution is 2.28. The highest BCUT2D eigenvalue weighted by molar-refractivity contribution is 6.30. The summed E-state index contributed by atoms with van der Waals surface area (Å²) in [6, 6.07) is 17.3. The quantitative estimate of drug-likeness (QED) is 0.310. The number of benzene rings is 3. The molecule has 0 spiro atoms. The molecule has 0 bridgehead atoms. The maximum Gasteiger partial charge on any atom is 0.242 e. The zero-order chi connectivity index (χ0) is 25.8. The summed E-state index contributed by atoms with van der Waals surface area (Å²) in [5.41, 5.74) is 6.29. The number of amides is 1. The SMILES string of the molecule is COc1ccc(CCNC(=O)[C@H](C)n2c(Cc3cccc(Cl)c3)nc3cc(C)c(C)cc32)cc1OC. The number of halogens is 1. The molecule has 3 aromatic carbocycles. The van der Waals surface area contributed by atoms with E-state index in [1.165, 1.54) is 11.1 Å². The summed E-state index contributed by atoms with van der Waals surface area (Å²) >= 11 is 6.22. The minimum atomic E-state index is -0.434. The maximum atomic E-state index is 13.3. The van der Waals surface area contributed by atoms with E-state index in [0.29, 0.717) is 35.9 Å². The molecule has 188 valence electrons. The van der Waals surface area contributed by atoms with E-state index in [2.05, 4.69) is 35.9 Å². The first-order valence-electron chi connectivity index (χ1n) is 12.0. The van der Waals surface area contributed by atoms with Gasteiger partial charge in [0.2, 0.25) is 5.91 Å². The van der Waals surface area contributed by atoms with E-state index >= 15 is 0 Å². The average molecular weight is 506 g/mol. The second kappa shape index (κ2) is 11.0. The standard InChI is InChI=1S/C29H32ClN3O3/c1-18-13-24-25(14-19(18)2)33(28(32-24)17-22-7-6-8-23(30)15-22)20(3)29(34)31-12-11-21-9-10-26(35-4)27(16-21)36-5/h6-10,13-16,20H,11-12,17H2,1-5H3,(H,31,34)/t20-/m0/s1. The summed E-state index contributed by atoms with van der Waals surface area (Å²) in [5.74, 6) is 2.14. The van der Waals surface area contributed by atoms with Crippen LogP contribution in [0.15, 0.2) is 54.6 Å². The number of nitrogens with zero attached hydrogens (tertiary/aromatic N) is 2. The van der Waals surface area contributed by atoms with E-state index in [-0.39, 0.29) is 5.91 Å². The van der Waals surface area contributed by atoms with Crippen molar-refractivity contribution in [3.05, 3.63) is 87.7 Å². The molecule has 0 aliphatic carbocycles. The number of ether oxygens (including phenoxy) is 2. The summed E-state index contributed by atoms with van der Waals surface area (Å²) in [5, 5.41) is 3.78. The van der Waals surface area contributed by atoms with Crippen molar-refractivity contribution >= 4 is 28.5 Å². The van der Waals surface area contributed by atoms with Crippen LogP contribution in [0.25, 0.3) is 11.0 Å². The third-order valence-electron chi connectivity index (χ3n) is 6.56. The lowest BCUT2D eigenvalue weighted by Crippen LogP contribution is -2.33. The number of fused-ring (bicyclic) bond motifs is 1. The monoisotopic (exact) mass is 505 g/mol. The second-order valence-electron chi connectivity index (χ2n) is 9.04. The van der Waals surface area contributed by atoms with Gasteiger partial charge >= 0.3 is 0 Å². The highest BCUT2D eigenvalue weighted by Gasteiger charge is 2.22. The third-order valence-corrected chi connectivity index (χ3v) is 6.79. The molecule has 1 amide bonds. The number of carbonyl (C=O) groups is 1. The van der Waals surface area contributed by atoms with Gasteiger partial charge in [0.1, 0.15) is 11.9 Å². The van der Waals surface area contributed by atoms with E-state index in [1.807, 2.05) is 49.4 Å². The molecule has 1 aromatic heterocycles. The Morgan fingerprint density at radius 3 is 2.47 bits per heavy atom. The Balaban J connectivity index is 1.56. The summed E-state index contributed by atoms with van der Waals surface area (Å²) in [6.45, 7) is 6.59. The van der Waals surface area contributed by atoms with Crippen LogP contribution in [0.4, 0.5) is 0 Å². The van der Waals surface area contributed by atoms with Crippen molar-refractivity contribution in [2.24, 2.45) is 0 Å². The topological polar surface area (TPSA) is 65.4 Å². The summed E-state index contributed by atoms with van der Waals surface area (Å²) in [4.78, 5) is 18.2. The lowest BCUT2D eigenvalue weighted by atomic mass is 10.1. The summed E-state index contributed by atoms with van der Waals surface area (Å²) in [6.07, 6.45) is 1.26. The molecule has 1 atom stereocenters. The van der Waals surface area contributed by atoms with E-state index in [1.54, 1.807) is 14.2 Å². The van der Waals surface area contributed by atoms with E-state index in [0.717, 1.165) is 28.0 Å². The molecule has 0 radical (unpaired) electrons. The average Bonchev–Trinajstić information content (AvgIpc) is 3.19. The molecule has 0 unspecified atom stereocenters. The molecule has 36 heavy (non-hydrogen) atoms. The lowest BCUT2D eigenvalue weighted by Gasteiger charge is -2.18. The molecule has 1 N–H and O–H groups in total. The van der Waals surface area contributed by atoms with E-state index in [4.69, 9.17) is 26.1 Å². The normalized spacial score (nSPS) is 11.9. The molecule has 4 aromatic rings. The van der Waals surface area contributed by atoms with Gasteiger partial charge in [-0.25, -0.2) is 4.98 Å². The lowest BCUT2D eigenvalue weighted by molar-refractivity contribution is -0.123. The Hall–Kier alpha value is -3.51. The van der Waals surface area contributed by atoms with Gasteiger partial charge in [-0.3, -0.25) is 4.79 Å². The van der Waals surface area contributed by atoms with E-state index in [9.17, 15) is 4.79 Å². The van der Waals surface area contributed by atoms with Gasteiger partial charge in [0.05, 0.1) is 25.3 Å². The van der Waals surface area contributed by atoms with Gasteiger partial charge < -0.3 is 19.4 Å². The first kappa shape index (κ1) is 25.6. The Labute approximate surface area is 217 Å². The Bertz CT molecular complexity index is 1400.